The molecule has 3 aromatic rings. The van der Waals surface area contributed by atoms with E-state index in [1.165, 1.54) is 34.8 Å². The Morgan fingerprint density at radius 2 is 1.95 bits per heavy atom. The van der Waals surface area contributed by atoms with Crippen LogP contribution < -0.4 is 5.32 Å². The molecule has 0 bridgehead atoms. The van der Waals surface area contributed by atoms with Crippen molar-refractivity contribution in [2.45, 2.75) is 13.3 Å². The van der Waals surface area contributed by atoms with Crippen molar-refractivity contribution in [2.75, 3.05) is 5.32 Å². The predicted molar refractivity (Wildman–Crippen MR) is 88.3 cm³/mol. The van der Waals surface area contributed by atoms with Crippen LogP contribution in [0.5, 0.6) is 0 Å². The molecule has 0 saturated carbocycles. The quantitative estimate of drug-likeness (QED) is 0.764. The van der Waals surface area contributed by atoms with E-state index in [0.717, 1.165) is 15.3 Å². The normalized spacial score (nSPS) is 10.6. The summed E-state index contributed by atoms with van der Waals surface area (Å²) in [6.07, 6.45) is 2.41. The third-order valence-corrected chi connectivity index (χ3v) is 4.94. The van der Waals surface area contributed by atoms with E-state index in [-0.39, 0.29) is 11.7 Å². The number of nitrogens with zero attached hydrogens (tertiary/aromatic N) is 1. The molecule has 0 unspecified atom stereocenters. The third kappa shape index (κ3) is 3.58. The highest BCUT2D eigenvalue weighted by Gasteiger charge is 2.11. The van der Waals surface area contributed by atoms with Gasteiger partial charge in [-0.1, -0.05) is 12.1 Å². The number of halogens is 1. The second kappa shape index (κ2) is 6.37. The molecular weight excluding hydrogens is 319 g/mol. The van der Waals surface area contributed by atoms with Crippen molar-refractivity contribution in [3.63, 3.8) is 0 Å². The van der Waals surface area contributed by atoms with Gasteiger partial charge < -0.3 is 0 Å². The van der Waals surface area contributed by atoms with Crippen LogP contribution in [-0.4, -0.2) is 10.9 Å². The van der Waals surface area contributed by atoms with Gasteiger partial charge >= 0.3 is 0 Å². The minimum absolute atomic E-state index is 0.138. The van der Waals surface area contributed by atoms with Gasteiger partial charge in [-0.15, -0.1) is 22.7 Å². The van der Waals surface area contributed by atoms with Crippen molar-refractivity contribution >= 4 is 33.7 Å². The molecule has 0 aliphatic rings. The molecule has 3 rings (SSSR count). The minimum atomic E-state index is -0.243. The Hall–Kier alpha value is -2.05. The monoisotopic (exact) mass is 332 g/mol. The summed E-state index contributed by atoms with van der Waals surface area (Å²) >= 11 is 2.88. The molecular formula is C16H13FN2OS2. The van der Waals surface area contributed by atoms with E-state index in [9.17, 15) is 9.18 Å². The lowest BCUT2D eigenvalue weighted by molar-refractivity contribution is 0.103. The Labute approximate surface area is 135 Å². The second-order valence-corrected chi connectivity index (χ2v) is 7.20. The maximum Gasteiger partial charge on any atom is 0.267 e. The zero-order chi connectivity index (χ0) is 15.5. The summed E-state index contributed by atoms with van der Waals surface area (Å²) in [5, 5.41) is 3.38. The van der Waals surface area contributed by atoms with Gasteiger partial charge in [0.15, 0.2) is 5.13 Å². The standard InChI is InChI=1S/C16H13FN2OS2/c1-10-2-7-14(21-10)15(20)19-16-18-9-13(22-16)8-11-3-5-12(17)6-4-11/h2-7,9H,8H2,1H3,(H,18,19,20). The average Bonchev–Trinajstić information content (AvgIpc) is 3.11. The lowest BCUT2D eigenvalue weighted by Gasteiger charge is -1.99. The number of carbonyl (C=O) groups is 1. The van der Waals surface area contributed by atoms with Gasteiger partial charge in [0.05, 0.1) is 4.88 Å². The molecule has 0 radical (unpaired) electrons. The van der Waals surface area contributed by atoms with E-state index < -0.39 is 0 Å². The van der Waals surface area contributed by atoms with Gasteiger partial charge in [-0.25, -0.2) is 9.37 Å². The third-order valence-electron chi connectivity index (χ3n) is 3.03. The van der Waals surface area contributed by atoms with Crippen LogP contribution in [0.25, 0.3) is 0 Å². The molecule has 0 spiro atoms. The molecule has 3 nitrogen and oxygen atoms in total. The van der Waals surface area contributed by atoms with Crippen molar-refractivity contribution in [3.8, 4) is 0 Å². The van der Waals surface area contributed by atoms with Gasteiger partial charge in [-0.3, -0.25) is 10.1 Å². The number of amides is 1. The van der Waals surface area contributed by atoms with Crippen molar-refractivity contribution in [1.82, 2.24) is 4.98 Å². The largest absolute Gasteiger partial charge is 0.297 e. The van der Waals surface area contributed by atoms with Crippen LogP contribution in [0.2, 0.25) is 0 Å². The van der Waals surface area contributed by atoms with E-state index >= 15 is 0 Å². The summed E-state index contributed by atoms with van der Waals surface area (Å²) in [4.78, 5) is 19.1. The highest BCUT2D eigenvalue weighted by Crippen LogP contribution is 2.23. The Morgan fingerprint density at radius 3 is 2.64 bits per heavy atom. The average molecular weight is 332 g/mol. The molecule has 1 N–H and O–H groups in total. The number of rotatable bonds is 4. The molecule has 0 atom stereocenters. The number of nitrogens with one attached hydrogen (secondary N) is 1. The fourth-order valence-electron chi connectivity index (χ4n) is 1.97. The summed E-state index contributed by atoms with van der Waals surface area (Å²) in [5.41, 5.74) is 1.01. The zero-order valence-corrected chi connectivity index (χ0v) is 13.4. The summed E-state index contributed by atoms with van der Waals surface area (Å²) in [6, 6.07) is 10.1. The number of aromatic nitrogens is 1. The van der Waals surface area contributed by atoms with Crippen LogP contribution in [0.15, 0.2) is 42.6 Å². The van der Waals surface area contributed by atoms with Crippen LogP contribution in [-0.2, 0) is 6.42 Å². The lowest BCUT2D eigenvalue weighted by atomic mass is 10.1. The van der Waals surface area contributed by atoms with Gasteiger partial charge in [0, 0.05) is 22.4 Å². The molecule has 2 heterocycles. The molecule has 1 aromatic carbocycles. The Bertz CT molecular complexity index is 793. The topological polar surface area (TPSA) is 42.0 Å². The highest BCUT2D eigenvalue weighted by molar-refractivity contribution is 7.16. The van der Waals surface area contributed by atoms with Crippen LogP contribution in [0, 0.1) is 12.7 Å². The van der Waals surface area contributed by atoms with E-state index in [2.05, 4.69) is 10.3 Å². The van der Waals surface area contributed by atoms with Crippen LogP contribution in [0.4, 0.5) is 9.52 Å². The van der Waals surface area contributed by atoms with Gasteiger partial charge in [0.25, 0.3) is 5.91 Å². The number of anilines is 1. The van der Waals surface area contributed by atoms with E-state index in [4.69, 9.17) is 0 Å². The Morgan fingerprint density at radius 1 is 1.18 bits per heavy atom. The van der Waals surface area contributed by atoms with E-state index in [1.54, 1.807) is 18.3 Å². The van der Waals surface area contributed by atoms with Crippen molar-refractivity contribution in [3.05, 3.63) is 68.6 Å². The van der Waals surface area contributed by atoms with Crippen LogP contribution >= 0.6 is 22.7 Å². The number of benzene rings is 1. The molecule has 0 saturated heterocycles. The van der Waals surface area contributed by atoms with Gasteiger partial charge in [-0.05, 0) is 36.8 Å². The number of hydrogen-bond donors (Lipinski definition) is 1. The smallest absolute Gasteiger partial charge is 0.267 e. The summed E-state index contributed by atoms with van der Waals surface area (Å²) < 4.78 is 12.9. The maximum atomic E-state index is 12.9. The van der Waals surface area contributed by atoms with Gasteiger partial charge in [0.2, 0.25) is 0 Å². The molecule has 22 heavy (non-hydrogen) atoms. The molecule has 2 aromatic heterocycles. The fourth-order valence-corrected chi connectivity index (χ4v) is 3.57. The zero-order valence-electron chi connectivity index (χ0n) is 11.8. The molecule has 0 aliphatic carbocycles. The van der Waals surface area contributed by atoms with Gasteiger partial charge in [0.1, 0.15) is 5.82 Å². The SMILES string of the molecule is Cc1ccc(C(=O)Nc2ncc(Cc3ccc(F)cc3)s2)s1. The summed E-state index contributed by atoms with van der Waals surface area (Å²) in [7, 11) is 0. The van der Waals surface area contributed by atoms with Crippen molar-refractivity contribution < 1.29 is 9.18 Å². The second-order valence-electron chi connectivity index (χ2n) is 4.80. The fraction of sp³-hybridized carbons (Fsp3) is 0.125. The molecule has 0 aliphatic heterocycles. The summed E-state index contributed by atoms with van der Waals surface area (Å²) in [6.45, 7) is 1.96. The Kier molecular flexibility index (Phi) is 4.31. The number of aryl methyl sites for hydroxylation is 1. The van der Waals surface area contributed by atoms with Crippen LogP contribution in [0.1, 0.15) is 25.0 Å². The molecule has 0 fully saturated rings. The molecule has 6 heteroatoms. The number of hydrogen-bond acceptors (Lipinski definition) is 4. The highest BCUT2D eigenvalue weighted by atomic mass is 32.1. The number of thiazole rings is 1. The first kappa shape index (κ1) is 14.9. The number of carbonyl (C=O) groups excluding carboxylic acids is 1. The number of thiophene rings is 1. The van der Waals surface area contributed by atoms with Crippen LogP contribution in [0.3, 0.4) is 0 Å². The minimum Gasteiger partial charge on any atom is -0.297 e. The first-order chi connectivity index (χ1) is 10.6. The van der Waals surface area contributed by atoms with Gasteiger partial charge in [-0.2, -0.15) is 0 Å². The van der Waals surface area contributed by atoms with Crippen molar-refractivity contribution in [2.24, 2.45) is 0 Å². The van der Waals surface area contributed by atoms with E-state index in [1.807, 2.05) is 19.1 Å². The molecule has 112 valence electrons. The first-order valence-corrected chi connectivity index (χ1v) is 8.30. The first-order valence-electron chi connectivity index (χ1n) is 6.67. The Balaban J connectivity index is 1.66. The predicted octanol–water partition coefficient (Wildman–Crippen LogP) is 4.50. The lowest BCUT2D eigenvalue weighted by Crippen LogP contribution is -2.09. The summed E-state index contributed by atoms with van der Waals surface area (Å²) in [5.74, 6) is -0.381. The maximum absolute atomic E-state index is 12.9. The molecule has 1 amide bonds. The van der Waals surface area contributed by atoms with Crippen molar-refractivity contribution in [1.29, 1.82) is 0 Å². The van der Waals surface area contributed by atoms with E-state index in [0.29, 0.717) is 16.4 Å².